The number of hydrogen-bond acceptors (Lipinski definition) is 6. The standard InChI is InChI=1S/C23H21N3O4S2/c1-10-3-2-4-11(7-10)24-16(27)5-6-26-21(28)17-12-8-14(18(17)22(26)29)19-13(12)9-15-20(32-19)25-23(30)31-15/h2-4,7,9,12,14,17-19H,5-6,8H2,1H3,(H,24,27)(H,25,30)/t12-,14-,17+,18+,19-/m1/s1. The van der Waals surface area contributed by atoms with Crippen molar-refractivity contribution in [1.82, 2.24) is 9.88 Å². The van der Waals surface area contributed by atoms with Crippen LogP contribution in [0.2, 0.25) is 0 Å². The number of anilines is 1. The molecule has 1 aromatic carbocycles. The van der Waals surface area contributed by atoms with Gasteiger partial charge in [-0.3, -0.25) is 24.1 Å². The number of imide groups is 1. The second kappa shape index (κ2) is 7.18. The van der Waals surface area contributed by atoms with E-state index in [0.717, 1.165) is 21.9 Å². The SMILES string of the molecule is Cc1cccc(NC(=O)CCN2C(=O)[C@@H]3[C@@H](C2=O)[C@H]2C[C@@H]3C3=Cc4sc(=O)[nH]c4S[C@H]32)c1. The molecule has 3 fully saturated rings. The van der Waals surface area contributed by atoms with Crippen molar-refractivity contribution in [3.05, 3.63) is 49.9 Å². The minimum atomic E-state index is -0.326. The van der Waals surface area contributed by atoms with Crippen molar-refractivity contribution >= 4 is 52.6 Å². The Morgan fingerprint density at radius 3 is 2.84 bits per heavy atom. The molecule has 9 heteroatoms. The largest absolute Gasteiger partial charge is 0.326 e. The van der Waals surface area contributed by atoms with Crippen molar-refractivity contribution in [3.63, 3.8) is 0 Å². The van der Waals surface area contributed by atoms with Crippen LogP contribution in [0.25, 0.3) is 6.08 Å². The minimum Gasteiger partial charge on any atom is -0.326 e. The van der Waals surface area contributed by atoms with E-state index < -0.39 is 0 Å². The van der Waals surface area contributed by atoms with Gasteiger partial charge in [0.15, 0.2) is 0 Å². The van der Waals surface area contributed by atoms with Crippen LogP contribution in [0.15, 0.2) is 39.7 Å². The lowest BCUT2D eigenvalue weighted by Crippen LogP contribution is -2.35. The van der Waals surface area contributed by atoms with Crippen LogP contribution in [-0.4, -0.2) is 39.4 Å². The van der Waals surface area contributed by atoms with Gasteiger partial charge in [-0.15, -0.1) is 0 Å². The van der Waals surface area contributed by atoms with E-state index in [-0.39, 0.29) is 64.5 Å². The molecule has 2 saturated carbocycles. The molecule has 1 saturated heterocycles. The number of fused-ring (bicyclic) bond motifs is 9. The van der Waals surface area contributed by atoms with Gasteiger partial charge >= 0.3 is 4.87 Å². The van der Waals surface area contributed by atoms with Gasteiger partial charge in [-0.05, 0) is 49.0 Å². The molecule has 7 nitrogen and oxygen atoms in total. The van der Waals surface area contributed by atoms with Gasteiger partial charge in [0.05, 0.1) is 21.7 Å². The highest BCUT2D eigenvalue weighted by atomic mass is 32.2. The highest BCUT2D eigenvalue weighted by Gasteiger charge is 2.66. The molecule has 2 aromatic rings. The molecule has 6 rings (SSSR count). The third-order valence-corrected chi connectivity index (χ3v) is 9.50. The van der Waals surface area contributed by atoms with Crippen molar-refractivity contribution in [1.29, 1.82) is 0 Å². The molecule has 3 amide bonds. The fourth-order valence-corrected chi connectivity index (χ4v) is 8.30. The molecule has 5 atom stereocenters. The third kappa shape index (κ3) is 2.94. The third-order valence-electron chi connectivity index (χ3n) is 7.10. The number of carbonyl (C=O) groups is 3. The average molecular weight is 468 g/mol. The Morgan fingerprint density at radius 1 is 1.22 bits per heavy atom. The topological polar surface area (TPSA) is 99.3 Å². The molecular formula is C23H21N3O4S2. The number of aryl methyl sites for hydroxylation is 1. The number of thiazole rings is 1. The molecule has 0 unspecified atom stereocenters. The number of hydrogen-bond donors (Lipinski definition) is 2. The lowest BCUT2D eigenvalue weighted by molar-refractivity contribution is -0.140. The van der Waals surface area contributed by atoms with Crippen molar-refractivity contribution in [2.24, 2.45) is 23.7 Å². The van der Waals surface area contributed by atoms with Crippen molar-refractivity contribution < 1.29 is 14.4 Å². The molecule has 2 bridgehead atoms. The number of aromatic amines is 1. The number of likely N-dealkylation sites (tertiary alicyclic amines) is 1. The second-order valence-corrected chi connectivity index (χ2v) is 11.1. The summed E-state index contributed by atoms with van der Waals surface area (Å²) in [4.78, 5) is 55.6. The predicted octanol–water partition coefficient (Wildman–Crippen LogP) is 2.88. The van der Waals surface area contributed by atoms with E-state index >= 15 is 0 Å². The summed E-state index contributed by atoms with van der Waals surface area (Å²) in [7, 11) is 0. The summed E-state index contributed by atoms with van der Waals surface area (Å²) in [6.07, 6.45) is 2.99. The quantitative estimate of drug-likeness (QED) is 0.674. The lowest BCUT2D eigenvalue weighted by atomic mass is 9.77. The molecule has 0 spiro atoms. The summed E-state index contributed by atoms with van der Waals surface area (Å²) in [6, 6.07) is 7.52. The Morgan fingerprint density at radius 2 is 2.03 bits per heavy atom. The Kier molecular flexibility index (Phi) is 4.49. The van der Waals surface area contributed by atoms with E-state index in [1.165, 1.54) is 21.8 Å². The zero-order valence-electron chi connectivity index (χ0n) is 17.3. The maximum absolute atomic E-state index is 13.2. The summed E-state index contributed by atoms with van der Waals surface area (Å²) in [5.74, 6) is -0.984. The Hall–Kier alpha value is -2.65. The molecule has 164 valence electrons. The van der Waals surface area contributed by atoms with Crippen molar-refractivity contribution in [2.75, 3.05) is 11.9 Å². The predicted molar refractivity (Wildman–Crippen MR) is 122 cm³/mol. The number of carbonyl (C=O) groups excluding carboxylic acids is 3. The Labute approximate surface area is 192 Å². The van der Waals surface area contributed by atoms with Crippen LogP contribution in [0.1, 0.15) is 23.3 Å². The van der Waals surface area contributed by atoms with Gasteiger partial charge in [0.1, 0.15) is 0 Å². The van der Waals surface area contributed by atoms with Crippen LogP contribution >= 0.6 is 23.1 Å². The smallest absolute Gasteiger partial charge is 0.305 e. The van der Waals surface area contributed by atoms with Crippen LogP contribution in [0.5, 0.6) is 0 Å². The molecule has 32 heavy (non-hydrogen) atoms. The summed E-state index contributed by atoms with van der Waals surface area (Å²) in [6.45, 7) is 2.06. The number of rotatable bonds is 4. The molecule has 1 aromatic heterocycles. The number of aromatic nitrogens is 1. The van der Waals surface area contributed by atoms with E-state index in [2.05, 4.69) is 16.4 Å². The number of amides is 3. The van der Waals surface area contributed by atoms with Crippen molar-refractivity contribution in [2.45, 2.75) is 30.0 Å². The molecule has 2 N–H and O–H groups in total. The number of thioether (sulfide) groups is 1. The van der Waals surface area contributed by atoms with Gasteiger partial charge in [0, 0.05) is 23.9 Å². The van der Waals surface area contributed by atoms with E-state index in [9.17, 15) is 19.2 Å². The van der Waals surface area contributed by atoms with Gasteiger partial charge < -0.3 is 10.3 Å². The normalized spacial score (nSPS) is 29.6. The minimum absolute atomic E-state index is 0.0513. The molecule has 0 radical (unpaired) electrons. The van der Waals surface area contributed by atoms with Crippen LogP contribution < -0.4 is 10.2 Å². The van der Waals surface area contributed by atoms with E-state index in [0.29, 0.717) is 5.69 Å². The Bertz CT molecular complexity index is 1260. The van der Waals surface area contributed by atoms with Gasteiger partial charge in [-0.25, -0.2) is 0 Å². The second-order valence-electron chi connectivity index (χ2n) is 8.94. The van der Waals surface area contributed by atoms with Crippen LogP contribution in [-0.2, 0) is 14.4 Å². The van der Waals surface area contributed by atoms with Gasteiger partial charge in [-0.1, -0.05) is 40.8 Å². The van der Waals surface area contributed by atoms with Gasteiger partial charge in [-0.2, -0.15) is 0 Å². The van der Waals surface area contributed by atoms with E-state index in [1.54, 1.807) is 11.8 Å². The number of benzene rings is 1. The Balaban J connectivity index is 1.17. The maximum atomic E-state index is 13.2. The van der Waals surface area contributed by atoms with Gasteiger partial charge in [0.2, 0.25) is 17.7 Å². The molecule has 3 heterocycles. The molecular weight excluding hydrogens is 446 g/mol. The molecule has 2 aliphatic heterocycles. The van der Waals surface area contributed by atoms with E-state index in [1.807, 2.05) is 31.2 Å². The lowest BCUT2D eigenvalue weighted by Gasteiger charge is -2.32. The van der Waals surface area contributed by atoms with Crippen molar-refractivity contribution in [3.8, 4) is 0 Å². The first-order valence-electron chi connectivity index (χ1n) is 10.7. The summed E-state index contributed by atoms with van der Waals surface area (Å²) in [5, 5.41) is 3.85. The summed E-state index contributed by atoms with van der Waals surface area (Å²) >= 11 is 2.82. The molecule has 2 aliphatic carbocycles. The van der Waals surface area contributed by atoms with Crippen LogP contribution in [0, 0.1) is 30.6 Å². The first-order valence-corrected chi connectivity index (χ1v) is 12.4. The number of H-pyrrole nitrogens is 1. The average Bonchev–Trinajstić information content (AvgIpc) is 3.46. The highest BCUT2D eigenvalue weighted by Crippen LogP contribution is 2.64. The maximum Gasteiger partial charge on any atom is 0.305 e. The number of nitrogens with one attached hydrogen (secondary N) is 2. The zero-order valence-corrected chi connectivity index (χ0v) is 18.9. The fraction of sp³-hybridized carbons (Fsp3) is 0.391. The zero-order chi connectivity index (χ0) is 22.1. The monoisotopic (exact) mass is 467 g/mol. The number of nitrogens with zero attached hydrogens (tertiary/aromatic N) is 1. The summed E-state index contributed by atoms with van der Waals surface area (Å²) in [5.41, 5.74) is 2.95. The first-order chi connectivity index (χ1) is 15.4. The van der Waals surface area contributed by atoms with Crippen LogP contribution in [0.3, 0.4) is 0 Å². The van der Waals surface area contributed by atoms with Crippen LogP contribution in [0.4, 0.5) is 5.69 Å². The fourth-order valence-electron chi connectivity index (χ4n) is 5.86. The first kappa shape index (κ1) is 20.0. The summed E-state index contributed by atoms with van der Waals surface area (Å²) < 4.78 is 0. The highest BCUT2D eigenvalue weighted by molar-refractivity contribution is 8.00. The molecule has 4 aliphatic rings. The van der Waals surface area contributed by atoms with E-state index in [4.69, 9.17) is 0 Å². The van der Waals surface area contributed by atoms with Gasteiger partial charge in [0.25, 0.3) is 0 Å².